The fourth-order valence-corrected chi connectivity index (χ4v) is 3.57. The Balaban J connectivity index is 1.69. The van der Waals surface area contributed by atoms with Gasteiger partial charge in [0.25, 0.3) is 5.91 Å². The molecule has 2 heterocycles. The van der Waals surface area contributed by atoms with E-state index in [2.05, 4.69) is 0 Å². The van der Waals surface area contributed by atoms with E-state index < -0.39 is 0 Å². The van der Waals surface area contributed by atoms with Gasteiger partial charge in [-0.1, -0.05) is 35.9 Å². The van der Waals surface area contributed by atoms with Crippen LogP contribution in [0.5, 0.6) is 0 Å². The van der Waals surface area contributed by atoms with Crippen molar-refractivity contribution in [2.75, 3.05) is 13.1 Å². The van der Waals surface area contributed by atoms with Crippen molar-refractivity contribution < 1.29 is 4.79 Å². The zero-order chi connectivity index (χ0) is 20.4. The molecule has 1 amide bonds. The number of aromatic nitrogens is 2. The Hall–Kier alpha value is -3.11. The van der Waals surface area contributed by atoms with Gasteiger partial charge in [0, 0.05) is 41.6 Å². The van der Waals surface area contributed by atoms with E-state index in [4.69, 9.17) is 16.6 Å². The van der Waals surface area contributed by atoms with Gasteiger partial charge >= 0.3 is 0 Å². The van der Waals surface area contributed by atoms with E-state index in [0.29, 0.717) is 23.7 Å². The second-order valence-electron chi connectivity index (χ2n) is 6.87. The first kappa shape index (κ1) is 19.2. The van der Waals surface area contributed by atoms with Gasteiger partial charge in [0.2, 0.25) is 0 Å². The summed E-state index contributed by atoms with van der Waals surface area (Å²) >= 11 is 5.99. The molecule has 5 heteroatoms. The van der Waals surface area contributed by atoms with Crippen molar-refractivity contribution in [2.45, 2.75) is 13.8 Å². The van der Waals surface area contributed by atoms with E-state index in [1.165, 1.54) is 0 Å². The number of halogens is 1. The molecule has 146 valence electrons. The first-order valence-electron chi connectivity index (χ1n) is 9.73. The van der Waals surface area contributed by atoms with Crippen LogP contribution in [-0.4, -0.2) is 33.3 Å². The number of benzene rings is 2. The maximum atomic E-state index is 12.7. The van der Waals surface area contributed by atoms with Gasteiger partial charge in [-0.3, -0.25) is 4.79 Å². The van der Waals surface area contributed by atoms with Crippen molar-refractivity contribution in [3.8, 4) is 22.4 Å². The van der Waals surface area contributed by atoms with E-state index in [1.54, 1.807) is 0 Å². The van der Waals surface area contributed by atoms with Gasteiger partial charge in [0.1, 0.15) is 5.65 Å². The summed E-state index contributed by atoms with van der Waals surface area (Å²) in [4.78, 5) is 19.2. The van der Waals surface area contributed by atoms with Crippen molar-refractivity contribution in [1.82, 2.24) is 14.3 Å². The quantitative estimate of drug-likeness (QED) is 0.422. The van der Waals surface area contributed by atoms with Crippen LogP contribution in [0.25, 0.3) is 28.0 Å². The van der Waals surface area contributed by atoms with Crippen LogP contribution in [0.1, 0.15) is 24.2 Å². The fraction of sp³-hybridized carbons (Fsp3) is 0.167. The summed E-state index contributed by atoms with van der Waals surface area (Å²) in [6.07, 6.45) is 4.05. The molecule has 4 nitrogen and oxygen atoms in total. The van der Waals surface area contributed by atoms with Crippen molar-refractivity contribution in [3.05, 3.63) is 83.6 Å². The molecule has 0 spiro atoms. The molecular formula is C24H22ClN3O. The highest BCUT2D eigenvalue weighted by Crippen LogP contribution is 2.25. The molecule has 4 aromatic rings. The van der Waals surface area contributed by atoms with E-state index in [1.807, 2.05) is 96.2 Å². The summed E-state index contributed by atoms with van der Waals surface area (Å²) in [5.41, 5.74) is 5.53. The van der Waals surface area contributed by atoms with Gasteiger partial charge in [0.15, 0.2) is 0 Å². The molecule has 0 aliphatic rings. The van der Waals surface area contributed by atoms with Gasteiger partial charge < -0.3 is 9.30 Å². The van der Waals surface area contributed by atoms with Crippen LogP contribution in [0.2, 0.25) is 5.02 Å². The minimum atomic E-state index is 0.0607. The Kier molecular flexibility index (Phi) is 5.36. The molecule has 4 rings (SSSR count). The Labute approximate surface area is 175 Å². The largest absolute Gasteiger partial charge is 0.339 e. The second kappa shape index (κ2) is 8.10. The van der Waals surface area contributed by atoms with Crippen LogP contribution in [0.15, 0.2) is 73.1 Å². The standard InChI is InChI=1S/C24H22ClN3O/c1-3-27(4-2)24(29)19-7-5-6-18(14-19)20-10-13-23-26-22(16-28(23)15-20)17-8-11-21(25)12-9-17/h5-16H,3-4H2,1-2H3. The zero-order valence-electron chi connectivity index (χ0n) is 16.5. The number of carbonyl (C=O) groups is 1. The third-order valence-corrected chi connectivity index (χ3v) is 5.34. The third-order valence-electron chi connectivity index (χ3n) is 5.08. The number of rotatable bonds is 5. The van der Waals surface area contributed by atoms with Gasteiger partial charge in [-0.25, -0.2) is 4.98 Å². The molecule has 0 fully saturated rings. The molecule has 29 heavy (non-hydrogen) atoms. The molecule has 0 saturated heterocycles. The highest BCUT2D eigenvalue weighted by Gasteiger charge is 2.13. The Morgan fingerprint density at radius 2 is 1.66 bits per heavy atom. The summed E-state index contributed by atoms with van der Waals surface area (Å²) in [6.45, 7) is 5.40. The van der Waals surface area contributed by atoms with Crippen molar-refractivity contribution >= 4 is 23.2 Å². The van der Waals surface area contributed by atoms with Gasteiger partial charge in [-0.2, -0.15) is 0 Å². The molecule has 0 atom stereocenters. The summed E-state index contributed by atoms with van der Waals surface area (Å²) in [6, 6.07) is 19.5. The molecule has 0 aliphatic carbocycles. The van der Waals surface area contributed by atoms with Crippen LogP contribution in [0.4, 0.5) is 0 Å². The summed E-state index contributed by atoms with van der Waals surface area (Å²) in [7, 11) is 0. The average molecular weight is 404 g/mol. The minimum Gasteiger partial charge on any atom is -0.339 e. The van der Waals surface area contributed by atoms with Crippen LogP contribution in [0.3, 0.4) is 0 Å². The second-order valence-corrected chi connectivity index (χ2v) is 7.31. The van der Waals surface area contributed by atoms with E-state index >= 15 is 0 Å². The van der Waals surface area contributed by atoms with E-state index in [0.717, 1.165) is 28.0 Å². The summed E-state index contributed by atoms with van der Waals surface area (Å²) < 4.78 is 2.01. The van der Waals surface area contributed by atoms with Gasteiger partial charge in [0.05, 0.1) is 5.69 Å². The smallest absolute Gasteiger partial charge is 0.253 e. The maximum Gasteiger partial charge on any atom is 0.253 e. The lowest BCUT2D eigenvalue weighted by Gasteiger charge is -2.19. The Morgan fingerprint density at radius 3 is 2.38 bits per heavy atom. The number of imidazole rings is 1. The number of amides is 1. The predicted molar refractivity (Wildman–Crippen MR) is 118 cm³/mol. The van der Waals surface area contributed by atoms with Crippen LogP contribution >= 0.6 is 11.6 Å². The number of nitrogens with zero attached hydrogens (tertiary/aromatic N) is 3. The topological polar surface area (TPSA) is 37.6 Å². The Bertz CT molecular complexity index is 1160. The van der Waals surface area contributed by atoms with Crippen molar-refractivity contribution in [1.29, 1.82) is 0 Å². The predicted octanol–water partition coefficient (Wildman–Crippen LogP) is 5.80. The van der Waals surface area contributed by atoms with Crippen molar-refractivity contribution in [3.63, 3.8) is 0 Å². The highest BCUT2D eigenvalue weighted by molar-refractivity contribution is 6.30. The van der Waals surface area contributed by atoms with Gasteiger partial charge in [-0.15, -0.1) is 0 Å². The first-order chi connectivity index (χ1) is 14.1. The lowest BCUT2D eigenvalue weighted by atomic mass is 10.0. The number of hydrogen-bond donors (Lipinski definition) is 0. The molecule has 0 aliphatic heterocycles. The fourth-order valence-electron chi connectivity index (χ4n) is 3.45. The molecule has 0 radical (unpaired) electrons. The van der Waals surface area contributed by atoms with E-state index in [9.17, 15) is 4.79 Å². The minimum absolute atomic E-state index is 0.0607. The zero-order valence-corrected chi connectivity index (χ0v) is 17.2. The SMILES string of the molecule is CCN(CC)C(=O)c1cccc(-c2ccc3nc(-c4ccc(Cl)cc4)cn3c2)c1. The van der Waals surface area contributed by atoms with Crippen molar-refractivity contribution in [2.24, 2.45) is 0 Å². The molecule has 0 saturated carbocycles. The van der Waals surface area contributed by atoms with Crippen LogP contribution in [-0.2, 0) is 0 Å². The number of hydrogen-bond acceptors (Lipinski definition) is 2. The highest BCUT2D eigenvalue weighted by atomic mass is 35.5. The number of fused-ring (bicyclic) bond motifs is 1. The molecule has 2 aromatic carbocycles. The third kappa shape index (κ3) is 3.89. The normalized spacial score (nSPS) is 11.0. The van der Waals surface area contributed by atoms with Crippen LogP contribution < -0.4 is 0 Å². The van der Waals surface area contributed by atoms with Gasteiger partial charge in [-0.05, 0) is 61.4 Å². The molecule has 0 unspecified atom stereocenters. The number of carbonyl (C=O) groups excluding carboxylic acids is 1. The monoisotopic (exact) mass is 403 g/mol. The summed E-state index contributed by atoms with van der Waals surface area (Å²) in [5.74, 6) is 0.0607. The lowest BCUT2D eigenvalue weighted by molar-refractivity contribution is 0.0773. The molecule has 0 bridgehead atoms. The Morgan fingerprint density at radius 1 is 0.931 bits per heavy atom. The average Bonchev–Trinajstić information content (AvgIpc) is 3.18. The van der Waals surface area contributed by atoms with E-state index in [-0.39, 0.29) is 5.91 Å². The molecule has 0 N–H and O–H groups in total. The summed E-state index contributed by atoms with van der Waals surface area (Å²) in [5, 5.41) is 0.707. The lowest BCUT2D eigenvalue weighted by Crippen LogP contribution is -2.30. The molecular weight excluding hydrogens is 382 g/mol. The number of pyridine rings is 1. The maximum absolute atomic E-state index is 12.7. The first-order valence-corrected chi connectivity index (χ1v) is 10.1. The van der Waals surface area contributed by atoms with Crippen LogP contribution in [0, 0.1) is 0 Å². The molecule has 2 aromatic heterocycles.